The number of aryl methyl sites for hydroxylation is 2. The van der Waals surface area contributed by atoms with E-state index in [0.717, 1.165) is 22.3 Å². The first-order valence-corrected chi connectivity index (χ1v) is 9.85. The smallest absolute Gasteiger partial charge is 0.238 e. The van der Waals surface area contributed by atoms with Gasteiger partial charge in [-0.1, -0.05) is 71.0 Å². The molecule has 24 heavy (non-hydrogen) atoms. The molecule has 3 aromatic rings. The molecule has 1 aromatic heterocycles. The van der Waals surface area contributed by atoms with Gasteiger partial charge in [-0.3, -0.25) is 4.72 Å². The Bertz CT molecular complexity index is 931. The third-order valence-electron chi connectivity index (χ3n) is 3.44. The molecule has 2 aromatic carbocycles. The highest BCUT2D eigenvalue weighted by Crippen LogP contribution is 2.27. The molecule has 0 saturated heterocycles. The highest BCUT2D eigenvalue weighted by atomic mass is 32.2. The fourth-order valence-electron chi connectivity index (χ4n) is 2.15. The van der Waals surface area contributed by atoms with Gasteiger partial charge in [0.1, 0.15) is 5.01 Å². The van der Waals surface area contributed by atoms with E-state index < -0.39 is 10.0 Å². The van der Waals surface area contributed by atoms with Crippen LogP contribution in [0.15, 0.2) is 48.5 Å². The second-order valence-electron chi connectivity index (χ2n) is 5.63. The molecule has 0 aliphatic rings. The number of hydrogen-bond donors (Lipinski definition) is 1. The minimum absolute atomic E-state index is 0.0906. The average Bonchev–Trinajstić information content (AvgIpc) is 2.98. The molecular weight excluding hydrogens is 342 g/mol. The minimum atomic E-state index is -3.52. The molecule has 5 nitrogen and oxygen atoms in total. The zero-order chi connectivity index (χ0) is 17.2. The molecule has 0 fully saturated rings. The van der Waals surface area contributed by atoms with Crippen LogP contribution in [0.5, 0.6) is 0 Å². The molecule has 3 rings (SSSR count). The Labute approximate surface area is 145 Å². The molecular formula is C17H17N3O2S2. The second-order valence-corrected chi connectivity index (χ2v) is 8.32. The molecule has 0 bridgehead atoms. The lowest BCUT2D eigenvalue weighted by Crippen LogP contribution is -2.14. The Morgan fingerprint density at radius 1 is 0.917 bits per heavy atom. The molecule has 0 aliphatic heterocycles. The molecule has 0 atom stereocenters. The van der Waals surface area contributed by atoms with Crippen LogP contribution in [0.2, 0.25) is 0 Å². The van der Waals surface area contributed by atoms with Gasteiger partial charge < -0.3 is 0 Å². The van der Waals surface area contributed by atoms with Crippen LogP contribution in [0.25, 0.3) is 10.6 Å². The van der Waals surface area contributed by atoms with Crippen LogP contribution in [-0.4, -0.2) is 18.6 Å². The third kappa shape index (κ3) is 4.18. The lowest BCUT2D eigenvalue weighted by atomic mass is 10.2. The molecule has 0 saturated carbocycles. The Kier molecular flexibility index (Phi) is 4.64. The molecule has 0 spiro atoms. The van der Waals surface area contributed by atoms with Crippen LogP contribution >= 0.6 is 11.3 Å². The summed E-state index contributed by atoms with van der Waals surface area (Å²) in [7, 11) is -3.52. The van der Waals surface area contributed by atoms with Gasteiger partial charge in [0, 0.05) is 5.56 Å². The number of aromatic nitrogens is 2. The quantitative estimate of drug-likeness (QED) is 0.753. The van der Waals surface area contributed by atoms with Crippen LogP contribution in [-0.2, 0) is 15.8 Å². The average molecular weight is 359 g/mol. The van der Waals surface area contributed by atoms with Gasteiger partial charge in [-0.2, -0.15) is 0 Å². The van der Waals surface area contributed by atoms with Gasteiger partial charge >= 0.3 is 0 Å². The van der Waals surface area contributed by atoms with E-state index in [0.29, 0.717) is 5.01 Å². The first-order chi connectivity index (χ1) is 11.4. The lowest BCUT2D eigenvalue weighted by molar-refractivity contribution is 0.600. The van der Waals surface area contributed by atoms with E-state index >= 15 is 0 Å². The van der Waals surface area contributed by atoms with Gasteiger partial charge in [-0.15, -0.1) is 10.2 Å². The Morgan fingerprint density at radius 2 is 1.50 bits per heavy atom. The molecule has 0 unspecified atom stereocenters. The Balaban J connectivity index is 1.73. The summed E-state index contributed by atoms with van der Waals surface area (Å²) >= 11 is 1.22. The van der Waals surface area contributed by atoms with E-state index in [1.807, 2.05) is 62.4 Å². The standard InChI is InChI=1S/C17H17N3O2S2/c1-12-3-7-14(8-4-12)11-24(21,22)20-17-19-18-16(23-17)15-9-5-13(2)6-10-15/h3-10H,11H2,1-2H3,(H,19,20). The van der Waals surface area contributed by atoms with Gasteiger partial charge in [-0.25, -0.2) is 8.42 Å². The molecule has 1 N–H and O–H groups in total. The summed E-state index contributed by atoms with van der Waals surface area (Å²) in [4.78, 5) is 0. The van der Waals surface area contributed by atoms with Crippen LogP contribution in [0.4, 0.5) is 5.13 Å². The summed E-state index contributed by atoms with van der Waals surface area (Å²) in [5, 5.41) is 8.95. The lowest BCUT2D eigenvalue weighted by Gasteiger charge is -2.05. The van der Waals surface area contributed by atoms with Gasteiger partial charge in [0.2, 0.25) is 15.2 Å². The molecule has 0 aliphatic carbocycles. The van der Waals surface area contributed by atoms with Crippen LogP contribution in [0.3, 0.4) is 0 Å². The van der Waals surface area contributed by atoms with Crippen LogP contribution in [0, 0.1) is 13.8 Å². The minimum Gasteiger partial charge on any atom is -0.257 e. The maximum absolute atomic E-state index is 12.3. The number of benzene rings is 2. The van der Waals surface area contributed by atoms with Crippen molar-refractivity contribution in [3.05, 3.63) is 65.2 Å². The van der Waals surface area contributed by atoms with Crippen LogP contribution in [0.1, 0.15) is 16.7 Å². The van der Waals surface area contributed by atoms with Crippen molar-refractivity contribution in [2.45, 2.75) is 19.6 Å². The van der Waals surface area contributed by atoms with E-state index in [-0.39, 0.29) is 10.9 Å². The molecule has 7 heteroatoms. The fourth-order valence-corrected chi connectivity index (χ4v) is 4.31. The highest BCUT2D eigenvalue weighted by molar-refractivity contribution is 7.92. The summed E-state index contributed by atoms with van der Waals surface area (Å²) in [5.74, 6) is -0.0906. The van der Waals surface area contributed by atoms with Gasteiger partial charge in [0.05, 0.1) is 5.75 Å². The van der Waals surface area contributed by atoms with E-state index in [1.54, 1.807) is 0 Å². The van der Waals surface area contributed by atoms with Gasteiger partial charge in [-0.05, 0) is 19.4 Å². The van der Waals surface area contributed by atoms with E-state index in [2.05, 4.69) is 14.9 Å². The third-order valence-corrected chi connectivity index (χ3v) is 5.68. The zero-order valence-electron chi connectivity index (χ0n) is 13.4. The largest absolute Gasteiger partial charge is 0.257 e. The number of rotatable bonds is 5. The van der Waals surface area contributed by atoms with Gasteiger partial charge in [0.15, 0.2) is 0 Å². The van der Waals surface area contributed by atoms with Crippen LogP contribution < -0.4 is 4.72 Å². The molecule has 0 amide bonds. The SMILES string of the molecule is Cc1ccc(CS(=O)(=O)Nc2nnc(-c3ccc(C)cc3)s2)cc1. The van der Waals surface area contributed by atoms with Crippen molar-refractivity contribution in [2.24, 2.45) is 0 Å². The Morgan fingerprint density at radius 3 is 2.12 bits per heavy atom. The highest BCUT2D eigenvalue weighted by Gasteiger charge is 2.15. The first-order valence-electron chi connectivity index (χ1n) is 7.38. The zero-order valence-corrected chi connectivity index (χ0v) is 15.0. The van der Waals surface area contributed by atoms with Crippen molar-refractivity contribution in [3.8, 4) is 10.6 Å². The summed E-state index contributed by atoms with van der Waals surface area (Å²) in [6.07, 6.45) is 0. The maximum atomic E-state index is 12.3. The predicted octanol–water partition coefficient (Wildman–Crippen LogP) is 3.76. The maximum Gasteiger partial charge on any atom is 0.238 e. The Hall–Kier alpha value is -2.25. The van der Waals surface area contributed by atoms with Crippen molar-refractivity contribution in [1.29, 1.82) is 0 Å². The van der Waals surface area contributed by atoms with Crippen molar-refractivity contribution in [3.63, 3.8) is 0 Å². The number of nitrogens with one attached hydrogen (secondary N) is 1. The van der Waals surface area contributed by atoms with Crippen molar-refractivity contribution in [2.75, 3.05) is 4.72 Å². The fraction of sp³-hybridized carbons (Fsp3) is 0.176. The number of hydrogen-bond acceptors (Lipinski definition) is 5. The first kappa shape index (κ1) is 16.6. The molecule has 0 radical (unpaired) electrons. The summed E-state index contributed by atoms with van der Waals surface area (Å²) in [6, 6.07) is 15.3. The number of nitrogens with zero attached hydrogens (tertiary/aromatic N) is 2. The normalized spacial score (nSPS) is 11.4. The summed E-state index contributed by atoms with van der Waals surface area (Å²) < 4.78 is 27.0. The van der Waals surface area contributed by atoms with Crippen molar-refractivity contribution in [1.82, 2.24) is 10.2 Å². The van der Waals surface area contributed by atoms with Gasteiger partial charge in [0.25, 0.3) is 0 Å². The number of anilines is 1. The van der Waals surface area contributed by atoms with E-state index in [4.69, 9.17) is 0 Å². The van der Waals surface area contributed by atoms with Crippen molar-refractivity contribution >= 4 is 26.5 Å². The summed E-state index contributed by atoms with van der Waals surface area (Å²) in [5.41, 5.74) is 3.90. The monoisotopic (exact) mass is 359 g/mol. The summed E-state index contributed by atoms with van der Waals surface area (Å²) in [6.45, 7) is 3.97. The van der Waals surface area contributed by atoms with Crippen molar-refractivity contribution < 1.29 is 8.42 Å². The topological polar surface area (TPSA) is 72.0 Å². The van der Waals surface area contributed by atoms with E-state index in [9.17, 15) is 8.42 Å². The van der Waals surface area contributed by atoms with E-state index in [1.165, 1.54) is 11.3 Å². The number of sulfonamides is 1. The second kappa shape index (κ2) is 6.70. The molecule has 124 valence electrons. The predicted molar refractivity (Wildman–Crippen MR) is 97.5 cm³/mol. The molecule has 1 heterocycles.